The van der Waals surface area contributed by atoms with Gasteiger partial charge < -0.3 is 9.13 Å². The Bertz CT molecular complexity index is 1900. The van der Waals surface area contributed by atoms with Crippen LogP contribution in [0.2, 0.25) is 0 Å². The Morgan fingerprint density at radius 2 is 0.944 bits per heavy atom. The quantitative estimate of drug-likeness (QED) is 0.241. The molecule has 0 N–H and O–H groups in total. The van der Waals surface area contributed by atoms with E-state index in [-0.39, 0.29) is 5.41 Å². The maximum Gasteiger partial charge on any atom is 0.0791 e. The lowest BCUT2D eigenvalue weighted by molar-refractivity contribution is 0.597. The second kappa shape index (κ2) is 7.60. The topological polar surface area (TPSA) is 9.86 Å². The van der Waals surface area contributed by atoms with E-state index >= 15 is 0 Å². The van der Waals surface area contributed by atoms with E-state index in [1.54, 1.807) is 0 Å². The average molecular weight is 465 g/mol. The molecule has 0 aliphatic carbocycles. The summed E-state index contributed by atoms with van der Waals surface area (Å²) in [4.78, 5) is 0. The van der Waals surface area contributed by atoms with Gasteiger partial charge in [0.05, 0.1) is 22.1 Å². The highest BCUT2D eigenvalue weighted by atomic mass is 15.0. The van der Waals surface area contributed by atoms with Crippen molar-refractivity contribution in [3.8, 4) is 11.4 Å². The molecule has 0 saturated heterocycles. The lowest BCUT2D eigenvalue weighted by Crippen LogP contribution is -2.12. The minimum atomic E-state index is -0.0198. The molecular weight excluding hydrogens is 436 g/mol. The van der Waals surface area contributed by atoms with Gasteiger partial charge in [-0.3, -0.25) is 0 Å². The number of aromatic nitrogens is 2. The van der Waals surface area contributed by atoms with Gasteiger partial charge in [-0.05, 0) is 53.4 Å². The molecule has 0 atom stereocenters. The first-order valence-electron chi connectivity index (χ1n) is 12.6. The molecule has 0 bridgehead atoms. The van der Waals surface area contributed by atoms with Crippen LogP contribution in [0.1, 0.15) is 26.3 Å². The summed E-state index contributed by atoms with van der Waals surface area (Å²) >= 11 is 0. The number of benzene rings is 5. The van der Waals surface area contributed by atoms with Gasteiger partial charge in [0.15, 0.2) is 0 Å². The van der Waals surface area contributed by atoms with Crippen molar-refractivity contribution in [3.63, 3.8) is 0 Å². The van der Waals surface area contributed by atoms with Crippen molar-refractivity contribution in [1.29, 1.82) is 0 Å². The number of rotatable bonds is 2. The molecule has 0 unspecified atom stereocenters. The van der Waals surface area contributed by atoms with Gasteiger partial charge in [-0.1, -0.05) is 93.6 Å². The molecule has 0 aliphatic rings. The summed E-state index contributed by atoms with van der Waals surface area (Å²) in [6.07, 6.45) is 0. The number of hydrogen-bond donors (Lipinski definition) is 0. The Balaban J connectivity index is 1.86. The van der Waals surface area contributed by atoms with Crippen LogP contribution in [0.25, 0.3) is 55.0 Å². The second-order valence-corrected chi connectivity index (χ2v) is 10.7. The summed E-state index contributed by atoms with van der Waals surface area (Å²) in [6, 6.07) is 41.7. The van der Waals surface area contributed by atoms with Crippen molar-refractivity contribution >= 4 is 43.6 Å². The standard InChI is InChI=1S/C34H28N2/c1-34(2,3)28-22-27-25-18-10-12-20-29(25)35(23-14-6-4-7-15-23)32(27)33-31(28)26-19-11-13-21-30(26)36(33)24-16-8-5-9-17-24/h4-22H,1-3H3. The van der Waals surface area contributed by atoms with Crippen LogP contribution in [0.3, 0.4) is 0 Å². The van der Waals surface area contributed by atoms with Crippen molar-refractivity contribution in [1.82, 2.24) is 9.13 Å². The molecule has 0 radical (unpaired) electrons. The van der Waals surface area contributed by atoms with Gasteiger partial charge in [-0.15, -0.1) is 0 Å². The molecule has 2 heteroatoms. The van der Waals surface area contributed by atoms with E-state index in [9.17, 15) is 0 Å². The predicted octanol–water partition coefficient (Wildman–Crippen LogP) is 9.18. The van der Waals surface area contributed by atoms with Gasteiger partial charge >= 0.3 is 0 Å². The Morgan fingerprint density at radius 3 is 1.53 bits per heavy atom. The molecule has 36 heavy (non-hydrogen) atoms. The molecule has 2 nitrogen and oxygen atoms in total. The zero-order valence-corrected chi connectivity index (χ0v) is 20.9. The fourth-order valence-electron chi connectivity index (χ4n) is 5.88. The van der Waals surface area contributed by atoms with Crippen LogP contribution in [-0.2, 0) is 5.41 Å². The summed E-state index contributed by atoms with van der Waals surface area (Å²) in [5.41, 5.74) is 8.72. The average Bonchev–Trinajstić information content (AvgIpc) is 3.42. The highest BCUT2D eigenvalue weighted by molar-refractivity contribution is 6.25. The Morgan fingerprint density at radius 1 is 0.472 bits per heavy atom. The van der Waals surface area contributed by atoms with E-state index < -0.39 is 0 Å². The molecule has 0 spiro atoms. The van der Waals surface area contributed by atoms with E-state index in [1.807, 2.05) is 0 Å². The Labute approximate surface area is 211 Å². The first-order valence-corrected chi connectivity index (χ1v) is 12.6. The third kappa shape index (κ3) is 2.91. The molecule has 0 aliphatic heterocycles. The number of nitrogens with zero attached hydrogens (tertiary/aromatic N) is 2. The highest BCUT2D eigenvalue weighted by Crippen LogP contribution is 2.45. The summed E-state index contributed by atoms with van der Waals surface area (Å²) in [7, 11) is 0. The zero-order chi connectivity index (χ0) is 24.4. The molecule has 2 aromatic heterocycles. The lowest BCUT2D eigenvalue weighted by Gasteiger charge is -2.22. The summed E-state index contributed by atoms with van der Waals surface area (Å²) in [5.74, 6) is 0. The number of hydrogen-bond acceptors (Lipinski definition) is 0. The van der Waals surface area contributed by atoms with E-state index in [0.29, 0.717) is 0 Å². The summed E-state index contributed by atoms with van der Waals surface area (Å²) in [6.45, 7) is 7.00. The smallest absolute Gasteiger partial charge is 0.0791 e. The molecule has 5 aromatic carbocycles. The lowest BCUT2D eigenvalue weighted by atomic mass is 9.83. The van der Waals surface area contributed by atoms with Gasteiger partial charge in [0.25, 0.3) is 0 Å². The van der Waals surface area contributed by atoms with Gasteiger partial charge in [0.2, 0.25) is 0 Å². The highest BCUT2D eigenvalue weighted by Gasteiger charge is 2.27. The summed E-state index contributed by atoms with van der Waals surface area (Å²) in [5, 5.41) is 5.22. The predicted molar refractivity (Wildman–Crippen MR) is 154 cm³/mol. The normalized spacial score (nSPS) is 12.3. The Hall–Kier alpha value is -4.30. The van der Waals surface area contributed by atoms with Gasteiger partial charge in [-0.2, -0.15) is 0 Å². The van der Waals surface area contributed by atoms with Gasteiger partial charge in [0, 0.05) is 32.9 Å². The van der Waals surface area contributed by atoms with Crippen molar-refractivity contribution in [3.05, 3.63) is 121 Å². The molecule has 7 rings (SSSR count). The third-order valence-electron chi connectivity index (χ3n) is 7.41. The Kier molecular flexibility index (Phi) is 4.44. The van der Waals surface area contributed by atoms with Gasteiger partial charge in [0.1, 0.15) is 0 Å². The van der Waals surface area contributed by atoms with Gasteiger partial charge in [-0.25, -0.2) is 0 Å². The molecule has 174 valence electrons. The van der Waals surface area contributed by atoms with Crippen LogP contribution in [0.15, 0.2) is 115 Å². The number of fused-ring (bicyclic) bond motifs is 7. The molecule has 0 fully saturated rings. The maximum absolute atomic E-state index is 2.47. The van der Waals surface area contributed by atoms with Crippen molar-refractivity contribution in [2.24, 2.45) is 0 Å². The maximum atomic E-state index is 2.47. The van der Waals surface area contributed by atoms with Crippen LogP contribution < -0.4 is 0 Å². The minimum Gasteiger partial charge on any atom is -0.307 e. The van der Waals surface area contributed by atoms with E-state index in [4.69, 9.17) is 0 Å². The van der Waals surface area contributed by atoms with E-state index in [2.05, 4.69) is 145 Å². The number of para-hydroxylation sites is 4. The van der Waals surface area contributed by atoms with Crippen LogP contribution in [0.5, 0.6) is 0 Å². The fraction of sp³-hybridized carbons (Fsp3) is 0.118. The van der Waals surface area contributed by atoms with Crippen LogP contribution >= 0.6 is 0 Å². The molecular formula is C34H28N2. The summed E-state index contributed by atoms with van der Waals surface area (Å²) < 4.78 is 4.93. The van der Waals surface area contributed by atoms with Crippen molar-refractivity contribution in [2.45, 2.75) is 26.2 Å². The van der Waals surface area contributed by atoms with Crippen molar-refractivity contribution in [2.75, 3.05) is 0 Å². The second-order valence-electron chi connectivity index (χ2n) is 10.7. The van der Waals surface area contributed by atoms with Crippen LogP contribution in [-0.4, -0.2) is 9.13 Å². The van der Waals surface area contributed by atoms with E-state index in [1.165, 1.54) is 60.5 Å². The monoisotopic (exact) mass is 464 g/mol. The SMILES string of the molecule is CC(C)(C)c1cc2c3ccccc3n(-c3ccccc3)c2c2c1c1ccccc1n2-c1ccccc1. The third-order valence-corrected chi connectivity index (χ3v) is 7.41. The first-order chi connectivity index (χ1) is 17.5. The van der Waals surface area contributed by atoms with E-state index in [0.717, 1.165) is 0 Å². The molecule has 7 aromatic rings. The first kappa shape index (κ1) is 21.0. The molecule has 0 amide bonds. The van der Waals surface area contributed by atoms with Crippen LogP contribution in [0, 0.1) is 0 Å². The minimum absolute atomic E-state index is 0.0198. The fourth-order valence-corrected chi connectivity index (χ4v) is 5.88. The zero-order valence-electron chi connectivity index (χ0n) is 20.9. The largest absolute Gasteiger partial charge is 0.307 e. The molecule has 2 heterocycles. The van der Waals surface area contributed by atoms with Crippen LogP contribution in [0.4, 0.5) is 0 Å². The molecule has 0 saturated carbocycles. The van der Waals surface area contributed by atoms with Crippen molar-refractivity contribution < 1.29 is 0 Å².